The first-order valence-electron chi connectivity index (χ1n) is 4.91. The zero-order valence-corrected chi connectivity index (χ0v) is 9.09. The second-order valence-corrected chi connectivity index (χ2v) is 3.65. The predicted molar refractivity (Wildman–Crippen MR) is 54.5 cm³/mol. The van der Waals surface area contributed by atoms with E-state index in [0.717, 1.165) is 18.4 Å². The smallest absolute Gasteiger partial charge is 0.333 e. The van der Waals surface area contributed by atoms with E-state index in [9.17, 15) is 4.79 Å². The van der Waals surface area contributed by atoms with Crippen LogP contribution >= 0.6 is 0 Å². The van der Waals surface area contributed by atoms with Gasteiger partial charge in [0.05, 0.1) is 6.61 Å². The zero-order chi connectivity index (χ0) is 10.3. The number of hydrogen-bond acceptors (Lipinski definition) is 2. The van der Waals surface area contributed by atoms with Crippen molar-refractivity contribution in [3.63, 3.8) is 0 Å². The quantitative estimate of drug-likeness (QED) is 0.485. The molecule has 0 saturated carbocycles. The van der Waals surface area contributed by atoms with E-state index in [1.54, 1.807) is 6.92 Å². The molecular weight excluding hydrogens is 164 g/mol. The van der Waals surface area contributed by atoms with E-state index in [4.69, 9.17) is 4.74 Å². The molecule has 0 fully saturated rings. The standard InChI is InChI=1S/C11H20O2/c1-5-8-13-11(12)10(4)7-6-9(2)3/h7,9H,5-6,8H2,1-4H3. The molecule has 0 bridgehead atoms. The van der Waals surface area contributed by atoms with Gasteiger partial charge in [-0.3, -0.25) is 0 Å². The van der Waals surface area contributed by atoms with Gasteiger partial charge in [-0.1, -0.05) is 26.8 Å². The lowest BCUT2D eigenvalue weighted by Gasteiger charge is -2.03. The molecule has 0 amide bonds. The SMILES string of the molecule is CCCOC(=O)C(C)=CCC(C)C. The average molecular weight is 184 g/mol. The van der Waals surface area contributed by atoms with Crippen LogP contribution in [0.1, 0.15) is 40.5 Å². The van der Waals surface area contributed by atoms with E-state index in [0.29, 0.717) is 12.5 Å². The van der Waals surface area contributed by atoms with Gasteiger partial charge in [-0.25, -0.2) is 4.79 Å². The Hall–Kier alpha value is -0.790. The highest BCUT2D eigenvalue weighted by atomic mass is 16.5. The van der Waals surface area contributed by atoms with E-state index < -0.39 is 0 Å². The first-order chi connectivity index (χ1) is 6.07. The van der Waals surface area contributed by atoms with Crippen molar-refractivity contribution < 1.29 is 9.53 Å². The molecule has 0 aromatic carbocycles. The summed E-state index contributed by atoms with van der Waals surface area (Å²) in [6, 6.07) is 0. The Kier molecular flexibility index (Phi) is 6.29. The van der Waals surface area contributed by atoms with Crippen LogP contribution in [0.25, 0.3) is 0 Å². The number of hydrogen-bond donors (Lipinski definition) is 0. The lowest BCUT2D eigenvalue weighted by Crippen LogP contribution is -2.06. The number of rotatable bonds is 5. The number of carbonyl (C=O) groups excluding carboxylic acids is 1. The van der Waals surface area contributed by atoms with Crippen molar-refractivity contribution in [2.24, 2.45) is 5.92 Å². The molecule has 0 N–H and O–H groups in total. The van der Waals surface area contributed by atoms with Gasteiger partial charge < -0.3 is 4.74 Å². The number of carbonyl (C=O) groups is 1. The fourth-order valence-electron chi connectivity index (χ4n) is 0.804. The summed E-state index contributed by atoms with van der Waals surface area (Å²) in [5.74, 6) is 0.413. The molecule has 0 rings (SSSR count). The summed E-state index contributed by atoms with van der Waals surface area (Å²) >= 11 is 0. The third kappa shape index (κ3) is 6.38. The molecule has 2 nitrogen and oxygen atoms in total. The third-order valence-electron chi connectivity index (χ3n) is 1.65. The highest BCUT2D eigenvalue weighted by Crippen LogP contribution is 2.05. The minimum Gasteiger partial charge on any atom is -0.462 e. The van der Waals surface area contributed by atoms with Crippen LogP contribution in [-0.4, -0.2) is 12.6 Å². The molecule has 0 aliphatic heterocycles. The summed E-state index contributed by atoms with van der Waals surface area (Å²) < 4.78 is 4.98. The molecule has 0 heterocycles. The summed E-state index contributed by atoms with van der Waals surface area (Å²) in [5, 5.41) is 0. The fourth-order valence-corrected chi connectivity index (χ4v) is 0.804. The van der Waals surface area contributed by atoms with E-state index in [1.165, 1.54) is 0 Å². The van der Waals surface area contributed by atoms with Gasteiger partial charge in [-0.2, -0.15) is 0 Å². The van der Waals surface area contributed by atoms with Crippen LogP contribution in [0, 0.1) is 5.92 Å². The molecule has 2 heteroatoms. The van der Waals surface area contributed by atoms with Crippen molar-refractivity contribution in [1.29, 1.82) is 0 Å². The van der Waals surface area contributed by atoms with Gasteiger partial charge in [0.15, 0.2) is 0 Å². The van der Waals surface area contributed by atoms with Gasteiger partial charge in [0.1, 0.15) is 0 Å². The highest BCUT2D eigenvalue weighted by Gasteiger charge is 2.04. The highest BCUT2D eigenvalue weighted by molar-refractivity contribution is 5.87. The van der Waals surface area contributed by atoms with Crippen molar-refractivity contribution in [2.45, 2.75) is 40.5 Å². The normalized spacial score (nSPS) is 11.9. The van der Waals surface area contributed by atoms with Gasteiger partial charge in [0.25, 0.3) is 0 Å². The first kappa shape index (κ1) is 12.2. The number of allylic oxidation sites excluding steroid dienone is 1. The molecule has 0 aromatic heterocycles. The largest absolute Gasteiger partial charge is 0.462 e. The lowest BCUT2D eigenvalue weighted by molar-refractivity contribution is -0.139. The summed E-state index contributed by atoms with van der Waals surface area (Å²) in [7, 11) is 0. The monoisotopic (exact) mass is 184 g/mol. The van der Waals surface area contributed by atoms with E-state index in [2.05, 4.69) is 13.8 Å². The summed E-state index contributed by atoms with van der Waals surface area (Å²) in [4.78, 5) is 11.2. The van der Waals surface area contributed by atoms with Gasteiger partial charge in [0, 0.05) is 5.57 Å². The Morgan fingerprint density at radius 3 is 2.54 bits per heavy atom. The second-order valence-electron chi connectivity index (χ2n) is 3.65. The lowest BCUT2D eigenvalue weighted by atomic mass is 10.1. The van der Waals surface area contributed by atoms with E-state index in [-0.39, 0.29) is 5.97 Å². The Morgan fingerprint density at radius 2 is 2.08 bits per heavy atom. The Bertz CT molecular complexity index is 181. The van der Waals surface area contributed by atoms with Crippen LogP contribution in [-0.2, 0) is 9.53 Å². The molecule has 13 heavy (non-hydrogen) atoms. The maximum atomic E-state index is 11.2. The Labute approximate surface area is 81.0 Å². The second kappa shape index (κ2) is 6.70. The molecule has 0 spiro atoms. The van der Waals surface area contributed by atoms with Gasteiger partial charge in [-0.05, 0) is 25.7 Å². The van der Waals surface area contributed by atoms with Crippen molar-refractivity contribution in [1.82, 2.24) is 0 Å². The Morgan fingerprint density at radius 1 is 1.46 bits per heavy atom. The minimum atomic E-state index is -0.178. The maximum Gasteiger partial charge on any atom is 0.333 e. The van der Waals surface area contributed by atoms with Crippen molar-refractivity contribution in [3.05, 3.63) is 11.6 Å². The molecule has 0 saturated heterocycles. The number of esters is 1. The van der Waals surface area contributed by atoms with Crippen LogP contribution in [0.5, 0.6) is 0 Å². The molecule has 0 aliphatic carbocycles. The minimum absolute atomic E-state index is 0.178. The molecule has 0 atom stereocenters. The van der Waals surface area contributed by atoms with E-state index in [1.807, 2.05) is 13.0 Å². The maximum absolute atomic E-state index is 11.2. The van der Waals surface area contributed by atoms with Crippen molar-refractivity contribution in [2.75, 3.05) is 6.61 Å². The fraction of sp³-hybridized carbons (Fsp3) is 0.727. The summed E-state index contributed by atoms with van der Waals surface area (Å²) in [6.45, 7) is 8.56. The molecule has 0 aliphatic rings. The third-order valence-corrected chi connectivity index (χ3v) is 1.65. The van der Waals surface area contributed by atoms with E-state index >= 15 is 0 Å². The average Bonchev–Trinajstić information content (AvgIpc) is 2.10. The van der Waals surface area contributed by atoms with Crippen LogP contribution in [0.2, 0.25) is 0 Å². The van der Waals surface area contributed by atoms with Gasteiger partial charge >= 0.3 is 5.97 Å². The summed E-state index contributed by atoms with van der Waals surface area (Å²) in [5.41, 5.74) is 0.724. The predicted octanol–water partition coefficient (Wildman–Crippen LogP) is 2.93. The topological polar surface area (TPSA) is 26.3 Å². The van der Waals surface area contributed by atoms with Gasteiger partial charge in [-0.15, -0.1) is 0 Å². The molecule has 76 valence electrons. The van der Waals surface area contributed by atoms with Crippen molar-refractivity contribution >= 4 is 5.97 Å². The molecule has 0 radical (unpaired) electrons. The molecule has 0 aromatic rings. The van der Waals surface area contributed by atoms with Crippen LogP contribution in [0.3, 0.4) is 0 Å². The number of ether oxygens (including phenoxy) is 1. The van der Waals surface area contributed by atoms with Crippen molar-refractivity contribution in [3.8, 4) is 0 Å². The van der Waals surface area contributed by atoms with Gasteiger partial charge in [0.2, 0.25) is 0 Å². The molecule has 0 unspecified atom stereocenters. The van der Waals surface area contributed by atoms with Crippen LogP contribution < -0.4 is 0 Å². The summed E-state index contributed by atoms with van der Waals surface area (Å²) in [6.07, 6.45) is 3.76. The van der Waals surface area contributed by atoms with Crippen LogP contribution in [0.4, 0.5) is 0 Å². The first-order valence-corrected chi connectivity index (χ1v) is 4.91. The Balaban J connectivity index is 3.86. The van der Waals surface area contributed by atoms with Crippen LogP contribution in [0.15, 0.2) is 11.6 Å². The molecular formula is C11H20O2. The zero-order valence-electron chi connectivity index (χ0n) is 9.09.